The van der Waals surface area contributed by atoms with E-state index in [1.165, 1.54) is 0 Å². The van der Waals surface area contributed by atoms with Crippen LogP contribution in [0.4, 0.5) is 8.78 Å². The van der Waals surface area contributed by atoms with E-state index in [0.29, 0.717) is 0 Å². The molecule has 19 heavy (non-hydrogen) atoms. The first-order valence-corrected chi connectivity index (χ1v) is 5.86. The zero-order valence-electron chi connectivity index (χ0n) is 10.5. The van der Waals surface area contributed by atoms with E-state index in [1.807, 2.05) is 0 Å². The molecule has 0 bridgehead atoms. The van der Waals surface area contributed by atoms with Gasteiger partial charge in [-0.05, 0) is 18.1 Å². The van der Waals surface area contributed by atoms with Crippen LogP contribution in [0.25, 0.3) is 0 Å². The van der Waals surface area contributed by atoms with Crippen molar-refractivity contribution >= 4 is 11.8 Å². The number of halogens is 2. The van der Waals surface area contributed by atoms with Crippen LogP contribution in [0.1, 0.15) is 34.6 Å². The lowest BCUT2D eigenvalue weighted by Gasteiger charge is -2.27. The highest BCUT2D eigenvalue weighted by Gasteiger charge is 2.41. The molecule has 0 radical (unpaired) electrons. The number of carbonyl (C=O) groups is 2. The summed E-state index contributed by atoms with van der Waals surface area (Å²) in [6.45, 7) is 3.09. The van der Waals surface area contributed by atoms with E-state index in [1.54, 1.807) is 13.8 Å². The standard InChI is InChI=1S/C13H13F2NO3/c1-6(2)11(5-17)16-12(18)7-3-9(14)10(15)4-8(7)13(16)19/h3-4,6,11,17H,5H2,1-2H3. The third-order valence-corrected chi connectivity index (χ3v) is 3.25. The number of carbonyl (C=O) groups excluding carboxylic acids is 2. The number of benzene rings is 1. The van der Waals surface area contributed by atoms with Crippen molar-refractivity contribution in [3.05, 3.63) is 34.9 Å². The summed E-state index contributed by atoms with van der Waals surface area (Å²) in [7, 11) is 0. The lowest BCUT2D eigenvalue weighted by atomic mass is 10.0. The maximum Gasteiger partial charge on any atom is 0.262 e. The number of imide groups is 1. The maximum absolute atomic E-state index is 13.1. The SMILES string of the molecule is CC(C)C(CO)N1C(=O)c2cc(F)c(F)cc2C1=O. The molecule has 1 aromatic rings. The Labute approximate surface area is 108 Å². The predicted octanol–water partition coefficient (Wildman–Crippen LogP) is 1.58. The molecule has 0 saturated carbocycles. The number of aliphatic hydroxyl groups excluding tert-OH is 1. The van der Waals surface area contributed by atoms with E-state index in [4.69, 9.17) is 0 Å². The van der Waals surface area contributed by atoms with Crippen molar-refractivity contribution < 1.29 is 23.5 Å². The smallest absolute Gasteiger partial charge is 0.262 e. The Hall–Kier alpha value is -1.82. The van der Waals surface area contributed by atoms with Crippen molar-refractivity contribution in [2.45, 2.75) is 19.9 Å². The summed E-state index contributed by atoms with van der Waals surface area (Å²) < 4.78 is 26.3. The van der Waals surface area contributed by atoms with Crippen molar-refractivity contribution in [2.24, 2.45) is 5.92 Å². The second-order valence-corrected chi connectivity index (χ2v) is 4.79. The molecule has 1 atom stereocenters. The van der Waals surface area contributed by atoms with Crippen LogP contribution >= 0.6 is 0 Å². The van der Waals surface area contributed by atoms with Crippen LogP contribution in [0.2, 0.25) is 0 Å². The Kier molecular flexibility index (Phi) is 3.36. The number of hydrogen-bond donors (Lipinski definition) is 1. The molecule has 1 aromatic carbocycles. The highest BCUT2D eigenvalue weighted by molar-refractivity contribution is 6.21. The normalized spacial score (nSPS) is 16.2. The van der Waals surface area contributed by atoms with E-state index in [9.17, 15) is 23.5 Å². The number of hydrogen-bond acceptors (Lipinski definition) is 3. The van der Waals surface area contributed by atoms with Crippen molar-refractivity contribution in [1.29, 1.82) is 0 Å². The minimum Gasteiger partial charge on any atom is -0.394 e. The summed E-state index contributed by atoms with van der Waals surface area (Å²) in [4.78, 5) is 25.0. The summed E-state index contributed by atoms with van der Waals surface area (Å²) >= 11 is 0. The van der Waals surface area contributed by atoms with E-state index in [0.717, 1.165) is 17.0 Å². The molecule has 1 N–H and O–H groups in total. The summed E-state index contributed by atoms with van der Waals surface area (Å²) in [6, 6.07) is 0.734. The molecule has 6 heteroatoms. The minimum absolute atomic E-state index is 0.164. The lowest BCUT2D eigenvalue weighted by molar-refractivity contribution is 0.0451. The van der Waals surface area contributed by atoms with Gasteiger partial charge in [-0.25, -0.2) is 8.78 Å². The van der Waals surface area contributed by atoms with Crippen LogP contribution in [0.15, 0.2) is 12.1 Å². The van der Waals surface area contributed by atoms with Crippen molar-refractivity contribution in [3.63, 3.8) is 0 Å². The molecule has 0 spiro atoms. The number of nitrogens with zero attached hydrogens (tertiary/aromatic N) is 1. The fourth-order valence-corrected chi connectivity index (χ4v) is 2.14. The molecule has 0 aromatic heterocycles. The molecule has 1 unspecified atom stereocenters. The van der Waals surface area contributed by atoms with E-state index in [2.05, 4.69) is 0 Å². The van der Waals surface area contributed by atoms with Gasteiger partial charge in [-0.2, -0.15) is 0 Å². The topological polar surface area (TPSA) is 57.6 Å². The minimum atomic E-state index is -1.17. The molecule has 0 saturated heterocycles. The van der Waals surface area contributed by atoms with Crippen LogP contribution in [0.5, 0.6) is 0 Å². The van der Waals surface area contributed by atoms with E-state index >= 15 is 0 Å². The van der Waals surface area contributed by atoms with Gasteiger partial charge in [0.15, 0.2) is 11.6 Å². The highest BCUT2D eigenvalue weighted by Crippen LogP contribution is 2.28. The molecule has 2 rings (SSSR count). The quantitative estimate of drug-likeness (QED) is 0.847. The van der Waals surface area contributed by atoms with E-state index < -0.39 is 36.1 Å². The molecule has 1 aliphatic rings. The Morgan fingerprint density at radius 3 is 1.84 bits per heavy atom. The molecule has 1 aliphatic heterocycles. The largest absolute Gasteiger partial charge is 0.394 e. The third kappa shape index (κ3) is 2.02. The van der Waals surface area contributed by atoms with Gasteiger partial charge in [-0.1, -0.05) is 13.8 Å². The van der Waals surface area contributed by atoms with Gasteiger partial charge in [0.2, 0.25) is 0 Å². The molecular formula is C13H13F2NO3. The van der Waals surface area contributed by atoms with Crippen LogP contribution in [0.3, 0.4) is 0 Å². The second kappa shape index (κ2) is 4.70. The summed E-state index contributed by atoms with van der Waals surface area (Å²) in [6.07, 6.45) is 0. The maximum atomic E-state index is 13.1. The Morgan fingerprint density at radius 2 is 1.53 bits per heavy atom. The first kappa shape index (κ1) is 13.6. The van der Waals surface area contributed by atoms with Gasteiger partial charge in [-0.3, -0.25) is 14.5 Å². The van der Waals surface area contributed by atoms with Gasteiger partial charge in [0, 0.05) is 0 Å². The first-order valence-electron chi connectivity index (χ1n) is 5.86. The van der Waals surface area contributed by atoms with Gasteiger partial charge < -0.3 is 5.11 Å². The summed E-state index contributed by atoms with van der Waals surface area (Å²) in [5.74, 6) is -3.92. The zero-order chi connectivity index (χ0) is 14.3. The average molecular weight is 269 g/mol. The van der Waals surface area contributed by atoms with Gasteiger partial charge in [0.25, 0.3) is 11.8 Å². The fourth-order valence-electron chi connectivity index (χ4n) is 2.14. The Bertz CT molecular complexity index is 516. The molecule has 2 amide bonds. The molecular weight excluding hydrogens is 256 g/mol. The number of fused-ring (bicyclic) bond motifs is 1. The predicted molar refractivity (Wildman–Crippen MR) is 62.6 cm³/mol. The third-order valence-electron chi connectivity index (χ3n) is 3.25. The van der Waals surface area contributed by atoms with E-state index in [-0.39, 0.29) is 17.0 Å². The Balaban J connectivity index is 2.50. The van der Waals surface area contributed by atoms with Gasteiger partial charge in [0.05, 0.1) is 23.8 Å². The van der Waals surface area contributed by atoms with Crippen molar-refractivity contribution in [1.82, 2.24) is 4.90 Å². The van der Waals surface area contributed by atoms with Crippen molar-refractivity contribution in [2.75, 3.05) is 6.61 Å². The van der Waals surface area contributed by atoms with Gasteiger partial charge >= 0.3 is 0 Å². The van der Waals surface area contributed by atoms with Crippen LogP contribution in [-0.4, -0.2) is 34.5 Å². The molecule has 0 fully saturated rings. The molecule has 102 valence electrons. The van der Waals surface area contributed by atoms with Gasteiger partial charge in [0.1, 0.15) is 0 Å². The molecule has 4 nitrogen and oxygen atoms in total. The number of amides is 2. The van der Waals surface area contributed by atoms with Gasteiger partial charge in [-0.15, -0.1) is 0 Å². The highest BCUT2D eigenvalue weighted by atomic mass is 19.2. The zero-order valence-corrected chi connectivity index (χ0v) is 10.5. The second-order valence-electron chi connectivity index (χ2n) is 4.79. The average Bonchev–Trinajstić information content (AvgIpc) is 2.56. The fraction of sp³-hybridized carbons (Fsp3) is 0.385. The summed E-state index contributed by atoms with van der Waals surface area (Å²) in [5.41, 5.74) is -0.328. The lowest BCUT2D eigenvalue weighted by Crippen LogP contribution is -2.45. The van der Waals surface area contributed by atoms with Crippen LogP contribution in [-0.2, 0) is 0 Å². The number of aliphatic hydroxyl groups is 1. The number of rotatable bonds is 3. The summed E-state index contributed by atoms with van der Waals surface area (Å²) in [5, 5.41) is 9.29. The van der Waals surface area contributed by atoms with Crippen molar-refractivity contribution in [3.8, 4) is 0 Å². The Morgan fingerprint density at radius 1 is 1.11 bits per heavy atom. The molecule has 1 heterocycles. The first-order chi connectivity index (χ1) is 8.88. The van der Waals surface area contributed by atoms with Crippen LogP contribution < -0.4 is 0 Å². The monoisotopic (exact) mass is 269 g/mol. The molecule has 0 aliphatic carbocycles. The van der Waals surface area contributed by atoms with Crippen LogP contribution in [0, 0.1) is 17.6 Å².